The Hall–Kier alpha value is -2.32. The summed E-state index contributed by atoms with van der Waals surface area (Å²) in [6.07, 6.45) is 6.94. The van der Waals surface area contributed by atoms with Gasteiger partial charge in [-0.15, -0.1) is 0 Å². The number of rotatable bonds is 14. The summed E-state index contributed by atoms with van der Waals surface area (Å²) in [5.41, 5.74) is 2.34. The number of carbonyl (C=O) groups is 2. The predicted molar refractivity (Wildman–Crippen MR) is 141 cm³/mol. The number of unbranched alkanes of at least 4 members (excludes halogenated alkanes) is 2. The van der Waals surface area contributed by atoms with Crippen molar-refractivity contribution in [3.05, 3.63) is 29.3 Å². The zero-order valence-electron chi connectivity index (χ0n) is 22.9. The summed E-state index contributed by atoms with van der Waals surface area (Å²) in [4.78, 5) is 26.0. The number of nitrogens with zero attached hydrogens (tertiary/aromatic N) is 1. The third kappa shape index (κ3) is 8.60. The molecule has 1 saturated carbocycles. The molecular formula is C29H45NO7. The van der Waals surface area contributed by atoms with Gasteiger partial charge in [-0.3, -0.25) is 0 Å². The number of likely N-dealkylation sites (N-methyl/N-ethyl adjacent to an activating group) is 1. The Balaban J connectivity index is 1.73. The molecular weight excluding hydrogens is 474 g/mol. The molecule has 37 heavy (non-hydrogen) atoms. The van der Waals surface area contributed by atoms with Crippen molar-refractivity contribution in [3.8, 4) is 5.75 Å². The molecule has 1 fully saturated rings. The van der Waals surface area contributed by atoms with Crippen LogP contribution in [0.25, 0.3) is 0 Å². The second-order valence-electron chi connectivity index (χ2n) is 10.8. The molecule has 0 aliphatic heterocycles. The summed E-state index contributed by atoms with van der Waals surface area (Å²) in [5, 5.41) is 10.7. The van der Waals surface area contributed by atoms with E-state index in [1.807, 2.05) is 31.1 Å². The number of carbonyl (C=O) groups excluding carboxylic acids is 2. The van der Waals surface area contributed by atoms with Gasteiger partial charge in [0.05, 0.1) is 13.2 Å². The van der Waals surface area contributed by atoms with E-state index in [-0.39, 0.29) is 24.7 Å². The lowest BCUT2D eigenvalue weighted by molar-refractivity contribution is -0.142. The monoisotopic (exact) mass is 519 g/mol. The fraction of sp³-hybridized carbons (Fsp3) is 0.724. The average molecular weight is 520 g/mol. The van der Waals surface area contributed by atoms with Crippen molar-refractivity contribution in [3.63, 3.8) is 0 Å². The second-order valence-corrected chi connectivity index (χ2v) is 10.8. The minimum Gasteiger partial charge on any atom is -0.482 e. The number of fused-ring (bicyclic) bond motifs is 2. The summed E-state index contributed by atoms with van der Waals surface area (Å²) in [6.45, 7) is 2.98. The number of ether oxygens (including phenoxy) is 4. The van der Waals surface area contributed by atoms with Crippen LogP contribution in [0.4, 0.5) is 4.79 Å². The Kier molecular flexibility index (Phi) is 11.5. The van der Waals surface area contributed by atoms with Crippen LogP contribution in [0, 0.1) is 11.8 Å². The van der Waals surface area contributed by atoms with E-state index in [0.717, 1.165) is 56.9 Å². The first kappa shape index (κ1) is 29.2. The summed E-state index contributed by atoms with van der Waals surface area (Å²) in [6, 6.07) is 6.01. The predicted octanol–water partition coefficient (Wildman–Crippen LogP) is 4.71. The van der Waals surface area contributed by atoms with E-state index in [2.05, 4.69) is 13.0 Å². The molecule has 0 saturated heterocycles. The second kappa shape index (κ2) is 14.6. The van der Waals surface area contributed by atoms with E-state index in [1.165, 1.54) is 12.7 Å². The highest BCUT2D eigenvalue weighted by molar-refractivity contribution is 5.71. The molecule has 3 rings (SSSR count). The number of aliphatic hydroxyl groups is 1. The zero-order valence-corrected chi connectivity index (χ0v) is 22.9. The summed E-state index contributed by atoms with van der Waals surface area (Å²) < 4.78 is 21.7. The molecule has 1 aromatic rings. The maximum atomic E-state index is 12.3. The highest BCUT2D eigenvalue weighted by Gasteiger charge is 2.45. The Bertz CT molecular complexity index is 874. The molecule has 0 aromatic heterocycles. The van der Waals surface area contributed by atoms with Gasteiger partial charge >= 0.3 is 12.1 Å². The van der Waals surface area contributed by atoms with Crippen molar-refractivity contribution in [2.75, 3.05) is 41.0 Å². The van der Waals surface area contributed by atoms with E-state index in [1.54, 1.807) is 0 Å². The van der Waals surface area contributed by atoms with E-state index >= 15 is 0 Å². The first-order chi connectivity index (χ1) is 17.8. The Morgan fingerprint density at radius 1 is 1.16 bits per heavy atom. The molecule has 1 aromatic carbocycles. The molecule has 0 heterocycles. The quantitative estimate of drug-likeness (QED) is 0.279. The van der Waals surface area contributed by atoms with Crippen molar-refractivity contribution in [2.24, 2.45) is 11.8 Å². The van der Waals surface area contributed by atoms with Crippen LogP contribution in [0.3, 0.4) is 0 Å². The van der Waals surface area contributed by atoms with Gasteiger partial charge in [-0.1, -0.05) is 38.3 Å². The van der Waals surface area contributed by atoms with Crippen LogP contribution >= 0.6 is 0 Å². The molecule has 5 atom stereocenters. The van der Waals surface area contributed by atoms with Gasteiger partial charge in [-0.05, 0) is 82.0 Å². The largest absolute Gasteiger partial charge is 0.508 e. The van der Waals surface area contributed by atoms with Crippen molar-refractivity contribution >= 4 is 12.1 Å². The van der Waals surface area contributed by atoms with Gasteiger partial charge in [0.2, 0.25) is 0 Å². The Labute approximate surface area is 221 Å². The molecule has 0 bridgehead atoms. The van der Waals surface area contributed by atoms with Crippen molar-refractivity contribution < 1.29 is 33.6 Å². The molecule has 0 radical (unpaired) electrons. The number of aliphatic hydroxyl groups excluding tert-OH is 1. The molecule has 8 heteroatoms. The SMILES string of the molecule is CCCCCC(O)CCC1c2c(cccc2OCC(=O)OC)CC2CC(OC(=O)OCCN(C)C)CC21. The van der Waals surface area contributed by atoms with Crippen LogP contribution in [0.1, 0.15) is 75.3 Å². The molecule has 8 nitrogen and oxygen atoms in total. The Morgan fingerprint density at radius 3 is 2.70 bits per heavy atom. The Morgan fingerprint density at radius 2 is 1.97 bits per heavy atom. The number of methoxy groups -OCH3 is 1. The average Bonchev–Trinajstić information content (AvgIpc) is 3.26. The molecule has 5 unspecified atom stereocenters. The van der Waals surface area contributed by atoms with Crippen LogP contribution in [0.15, 0.2) is 18.2 Å². The number of benzene rings is 1. The standard InChI is InChI=1S/C29H45NO7/c1-5-6-7-10-22(31)12-13-24-25-18-23(37-29(33)35-15-14-30(2)3)17-21(25)16-20-9-8-11-26(28(20)24)36-19-27(32)34-4/h8-9,11,21-25,31H,5-7,10,12-19H2,1-4H3. The summed E-state index contributed by atoms with van der Waals surface area (Å²) >= 11 is 0. The molecule has 0 amide bonds. The lowest BCUT2D eigenvalue weighted by Gasteiger charge is -2.37. The normalized spacial score (nSPS) is 23.2. The van der Waals surface area contributed by atoms with Crippen LogP contribution in [-0.4, -0.2) is 75.3 Å². The van der Waals surface area contributed by atoms with Gasteiger partial charge in [-0.25, -0.2) is 9.59 Å². The topological polar surface area (TPSA) is 94.5 Å². The summed E-state index contributed by atoms with van der Waals surface area (Å²) in [5.74, 6) is 1.13. The van der Waals surface area contributed by atoms with Gasteiger partial charge in [0.15, 0.2) is 6.61 Å². The van der Waals surface area contributed by atoms with Gasteiger partial charge in [0.1, 0.15) is 18.5 Å². The molecule has 2 aliphatic carbocycles. The maximum Gasteiger partial charge on any atom is 0.508 e. The van der Waals surface area contributed by atoms with Crippen LogP contribution in [-0.2, 0) is 25.4 Å². The van der Waals surface area contributed by atoms with Gasteiger partial charge in [-0.2, -0.15) is 0 Å². The maximum absolute atomic E-state index is 12.3. The van der Waals surface area contributed by atoms with Gasteiger partial charge < -0.3 is 29.0 Å². The van der Waals surface area contributed by atoms with Gasteiger partial charge in [0.25, 0.3) is 0 Å². The zero-order chi connectivity index (χ0) is 26.8. The molecule has 2 aliphatic rings. The van der Waals surface area contributed by atoms with Crippen LogP contribution in [0.5, 0.6) is 5.75 Å². The number of hydrogen-bond acceptors (Lipinski definition) is 8. The third-order valence-electron chi connectivity index (χ3n) is 7.78. The van der Waals surface area contributed by atoms with E-state index in [4.69, 9.17) is 18.9 Å². The highest BCUT2D eigenvalue weighted by Crippen LogP contribution is 2.53. The van der Waals surface area contributed by atoms with Crippen LogP contribution in [0.2, 0.25) is 0 Å². The van der Waals surface area contributed by atoms with Crippen molar-refractivity contribution in [1.29, 1.82) is 0 Å². The molecule has 208 valence electrons. The van der Waals surface area contributed by atoms with Crippen LogP contribution < -0.4 is 4.74 Å². The molecule has 1 N–H and O–H groups in total. The highest BCUT2D eigenvalue weighted by atomic mass is 16.7. The van der Waals surface area contributed by atoms with Crippen molar-refractivity contribution in [2.45, 2.75) is 82.8 Å². The lowest BCUT2D eigenvalue weighted by atomic mass is 9.68. The lowest BCUT2D eigenvalue weighted by Crippen LogP contribution is -2.28. The molecule has 0 spiro atoms. The number of hydrogen-bond donors (Lipinski definition) is 1. The fourth-order valence-electron chi connectivity index (χ4n) is 5.92. The smallest absolute Gasteiger partial charge is 0.482 e. The van der Waals surface area contributed by atoms with E-state index in [0.29, 0.717) is 37.2 Å². The minimum absolute atomic E-state index is 0.141. The van der Waals surface area contributed by atoms with E-state index in [9.17, 15) is 14.7 Å². The number of esters is 1. The fourth-order valence-corrected chi connectivity index (χ4v) is 5.92. The van der Waals surface area contributed by atoms with Crippen molar-refractivity contribution in [1.82, 2.24) is 4.90 Å². The minimum atomic E-state index is -0.604. The van der Waals surface area contributed by atoms with Gasteiger partial charge in [0, 0.05) is 12.1 Å². The van der Waals surface area contributed by atoms with E-state index < -0.39 is 12.1 Å². The first-order valence-electron chi connectivity index (χ1n) is 13.8. The first-order valence-corrected chi connectivity index (χ1v) is 13.8. The third-order valence-corrected chi connectivity index (χ3v) is 7.78. The summed E-state index contributed by atoms with van der Waals surface area (Å²) in [7, 11) is 5.21.